The minimum absolute atomic E-state index is 0.130. The van der Waals surface area contributed by atoms with Crippen molar-refractivity contribution in [3.8, 4) is 0 Å². The number of rotatable bonds is 2. The average molecular weight is 284 g/mol. The summed E-state index contributed by atoms with van der Waals surface area (Å²) in [7, 11) is 0. The molecule has 3 saturated carbocycles. The molecule has 0 spiro atoms. The van der Waals surface area contributed by atoms with Crippen molar-refractivity contribution in [2.24, 2.45) is 23.7 Å². The molecule has 1 heterocycles. The lowest BCUT2D eigenvalue weighted by molar-refractivity contribution is -0.0128. The summed E-state index contributed by atoms with van der Waals surface area (Å²) < 4.78 is 11.7. The second-order valence-electron chi connectivity index (χ2n) is 7.42. The van der Waals surface area contributed by atoms with E-state index in [1.165, 1.54) is 12.8 Å². The normalized spacial score (nSPS) is 48.8. The van der Waals surface area contributed by atoms with E-state index < -0.39 is 0 Å². The molecule has 1 saturated heterocycles. The van der Waals surface area contributed by atoms with Crippen molar-refractivity contribution in [3.05, 3.63) is 35.9 Å². The number of benzene rings is 1. The standard InChI is InChI=1S/C18H20O3/c1-18-15(21-18)9-13-12-7-11(16(13)18)8-14(12)20-17(19)10-5-3-2-4-6-10/h2-6,11-16H,7-9H2,1H3/t11-,12+,13+,14-,15+,16+,18-/m1/s1. The lowest BCUT2D eigenvalue weighted by Crippen LogP contribution is -2.36. The van der Waals surface area contributed by atoms with Gasteiger partial charge in [-0.2, -0.15) is 0 Å². The van der Waals surface area contributed by atoms with Gasteiger partial charge in [0.15, 0.2) is 0 Å². The molecule has 0 aromatic heterocycles. The molecule has 3 heteroatoms. The Balaban J connectivity index is 1.32. The Morgan fingerprint density at radius 1 is 1.19 bits per heavy atom. The molecule has 4 aliphatic rings. The first-order valence-electron chi connectivity index (χ1n) is 8.10. The van der Waals surface area contributed by atoms with Crippen LogP contribution in [0.15, 0.2) is 30.3 Å². The molecule has 5 rings (SSSR count). The van der Waals surface area contributed by atoms with Crippen molar-refractivity contribution in [1.82, 2.24) is 0 Å². The second kappa shape index (κ2) is 3.89. The highest BCUT2D eigenvalue weighted by Crippen LogP contribution is 2.69. The first kappa shape index (κ1) is 12.2. The van der Waals surface area contributed by atoms with Crippen molar-refractivity contribution < 1.29 is 14.3 Å². The molecule has 0 unspecified atom stereocenters. The summed E-state index contributed by atoms with van der Waals surface area (Å²) in [6, 6.07) is 9.35. The Kier molecular flexibility index (Phi) is 2.26. The van der Waals surface area contributed by atoms with E-state index >= 15 is 0 Å². The summed E-state index contributed by atoms with van der Waals surface area (Å²) in [5.74, 6) is 2.56. The number of esters is 1. The van der Waals surface area contributed by atoms with Gasteiger partial charge in [0.2, 0.25) is 0 Å². The van der Waals surface area contributed by atoms with Crippen molar-refractivity contribution in [1.29, 1.82) is 0 Å². The average Bonchev–Trinajstić information content (AvgIpc) is 2.84. The van der Waals surface area contributed by atoms with E-state index in [4.69, 9.17) is 9.47 Å². The monoisotopic (exact) mass is 284 g/mol. The molecular weight excluding hydrogens is 264 g/mol. The minimum atomic E-state index is -0.157. The van der Waals surface area contributed by atoms with Gasteiger partial charge in [-0.3, -0.25) is 0 Å². The number of carbonyl (C=O) groups excluding carboxylic acids is 1. The molecule has 1 aromatic rings. The molecule has 110 valence electrons. The van der Waals surface area contributed by atoms with Gasteiger partial charge in [-0.25, -0.2) is 4.79 Å². The summed E-state index contributed by atoms with van der Waals surface area (Å²) in [5.41, 5.74) is 0.833. The zero-order chi connectivity index (χ0) is 14.2. The lowest BCUT2D eigenvalue weighted by Gasteiger charge is -2.34. The molecule has 1 aromatic carbocycles. The van der Waals surface area contributed by atoms with Gasteiger partial charge in [-0.1, -0.05) is 18.2 Å². The van der Waals surface area contributed by atoms with Crippen LogP contribution < -0.4 is 0 Å². The Bertz CT molecular complexity index is 598. The molecular formula is C18H20O3. The van der Waals surface area contributed by atoms with Gasteiger partial charge in [0.1, 0.15) is 6.10 Å². The molecule has 21 heavy (non-hydrogen) atoms. The van der Waals surface area contributed by atoms with Crippen LogP contribution in [0.2, 0.25) is 0 Å². The number of fused-ring (bicyclic) bond motifs is 7. The van der Waals surface area contributed by atoms with E-state index in [0.717, 1.165) is 18.3 Å². The highest BCUT2D eigenvalue weighted by molar-refractivity contribution is 5.89. The van der Waals surface area contributed by atoms with Gasteiger partial charge in [-0.15, -0.1) is 0 Å². The summed E-state index contributed by atoms with van der Waals surface area (Å²) in [6.07, 6.45) is 4.07. The van der Waals surface area contributed by atoms with Crippen molar-refractivity contribution in [3.63, 3.8) is 0 Å². The van der Waals surface area contributed by atoms with Crippen LogP contribution in [0.1, 0.15) is 36.5 Å². The quantitative estimate of drug-likeness (QED) is 0.619. The van der Waals surface area contributed by atoms with E-state index in [2.05, 4.69) is 6.92 Å². The van der Waals surface area contributed by atoms with E-state index in [0.29, 0.717) is 23.5 Å². The van der Waals surface area contributed by atoms with Gasteiger partial charge in [-0.05, 0) is 62.0 Å². The molecule has 3 nitrogen and oxygen atoms in total. The Morgan fingerprint density at radius 2 is 2.00 bits per heavy atom. The number of ether oxygens (including phenoxy) is 2. The molecule has 7 atom stereocenters. The first-order valence-corrected chi connectivity index (χ1v) is 8.10. The van der Waals surface area contributed by atoms with Crippen LogP contribution in [0.5, 0.6) is 0 Å². The van der Waals surface area contributed by atoms with E-state index in [1.54, 1.807) is 0 Å². The molecule has 4 fully saturated rings. The zero-order valence-electron chi connectivity index (χ0n) is 12.2. The fourth-order valence-electron chi connectivity index (χ4n) is 5.66. The SMILES string of the molecule is C[C@@]12O[C@H]1C[C@H]1[C@@H]3C[C@H](C[C@H]3OC(=O)c3ccccc3)[C@@H]12. The maximum absolute atomic E-state index is 12.3. The predicted octanol–water partition coefficient (Wildman–Crippen LogP) is 3.05. The lowest BCUT2D eigenvalue weighted by atomic mass is 9.76. The smallest absolute Gasteiger partial charge is 0.338 e. The summed E-state index contributed by atoms with van der Waals surface area (Å²) in [6.45, 7) is 2.29. The molecule has 0 amide bonds. The molecule has 3 aliphatic carbocycles. The highest BCUT2D eigenvalue weighted by atomic mass is 16.6. The number of epoxide rings is 1. The third kappa shape index (κ3) is 1.56. The highest BCUT2D eigenvalue weighted by Gasteiger charge is 2.73. The topological polar surface area (TPSA) is 38.8 Å². The summed E-state index contributed by atoms with van der Waals surface area (Å²) in [5, 5.41) is 0. The van der Waals surface area contributed by atoms with Crippen LogP contribution in [-0.4, -0.2) is 23.8 Å². The largest absolute Gasteiger partial charge is 0.458 e. The zero-order valence-corrected chi connectivity index (χ0v) is 12.2. The molecule has 1 aliphatic heterocycles. The second-order valence-corrected chi connectivity index (χ2v) is 7.42. The Morgan fingerprint density at radius 3 is 2.81 bits per heavy atom. The van der Waals surface area contributed by atoms with Crippen LogP contribution in [-0.2, 0) is 9.47 Å². The van der Waals surface area contributed by atoms with Gasteiger partial charge in [0, 0.05) is 0 Å². The van der Waals surface area contributed by atoms with Crippen LogP contribution in [0.25, 0.3) is 0 Å². The minimum Gasteiger partial charge on any atom is -0.458 e. The third-order valence-corrected chi connectivity index (χ3v) is 6.50. The summed E-state index contributed by atoms with van der Waals surface area (Å²) in [4.78, 5) is 12.3. The Labute approximate surface area is 124 Å². The maximum atomic E-state index is 12.3. The van der Waals surface area contributed by atoms with E-state index in [-0.39, 0.29) is 17.7 Å². The van der Waals surface area contributed by atoms with Crippen LogP contribution in [0.4, 0.5) is 0 Å². The predicted molar refractivity (Wildman–Crippen MR) is 76.7 cm³/mol. The fraction of sp³-hybridized carbons (Fsp3) is 0.611. The molecule has 2 bridgehead atoms. The van der Waals surface area contributed by atoms with Gasteiger partial charge >= 0.3 is 5.97 Å². The molecule has 0 N–H and O–H groups in total. The van der Waals surface area contributed by atoms with Gasteiger partial charge in [0.05, 0.1) is 17.3 Å². The van der Waals surface area contributed by atoms with Crippen LogP contribution in [0.3, 0.4) is 0 Å². The summed E-state index contributed by atoms with van der Waals surface area (Å²) >= 11 is 0. The van der Waals surface area contributed by atoms with Crippen molar-refractivity contribution in [2.75, 3.05) is 0 Å². The number of hydrogen-bond acceptors (Lipinski definition) is 3. The molecule has 0 radical (unpaired) electrons. The third-order valence-electron chi connectivity index (χ3n) is 6.50. The van der Waals surface area contributed by atoms with Gasteiger partial charge in [0.25, 0.3) is 0 Å². The first-order chi connectivity index (χ1) is 10.2. The van der Waals surface area contributed by atoms with Crippen LogP contribution >= 0.6 is 0 Å². The number of hydrogen-bond donors (Lipinski definition) is 0. The van der Waals surface area contributed by atoms with Crippen molar-refractivity contribution in [2.45, 2.75) is 44.0 Å². The van der Waals surface area contributed by atoms with E-state index in [9.17, 15) is 4.79 Å². The number of carbonyl (C=O) groups is 1. The van der Waals surface area contributed by atoms with E-state index in [1.807, 2.05) is 30.3 Å². The fourth-order valence-corrected chi connectivity index (χ4v) is 5.66. The van der Waals surface area contributed by atoms with Crippen molar-refractivity contribution >= 4 is 5.97 Å². The van der Waals surface area contributed by atoms with Gasteiger partial charge < -0.3 is 9.47 Å². The Hall–Kier alpha value is -1.35. The maximum Gasteiger partial charge on any atom is 0.338 e. The van der Waals surface area contributed by atoms with Crippen LogP contribution in [0, 0.1) is 23.7 Å².